The highest BCUT2D eigenvalue weighted by atomic mass is 19.1. The van der Waals surface area contributed by atoms with Crippen molar-refractivity contribution >= 4 is 29.2 Å². The number of carboxylic acid groups (broad SMARTS) is 1. The van der Waals surface area contributed by atoms with Gasteiger partial charge in [0.1, 0.15) is 11.6 Å². The zero-order valence-corrected chi connectivity index (χ0v) is 19.3. The van der Waals surface area contributed by atoms with Crippen LogP contribution >= 0.6 is 0 Å². The number of hydrogen-bond donors (Lipinski definition) is 4. The molecule has 0 bridgehead atoms. The second-order valence-corrected chi connectivity index (χ2v) is 9.93. The first-order chi connectivity index (χ1) is 16.0. The van der Waals surface area contributed by atoms with Crippen molar-refractivity contribution in [1.29, 1.82) is 0 Å². The zero-order chi connectivity index (χ0) is 24.7. The maximum Gasteiger partial charge on any atom is 0.309 e. The van der Waals surface area contributed by atoms with Crippen LogP contribution in [-0.2, 0) is 14.4 Å². The Labute approximate surface area is 197 Å². The van der Waals surface area contributed by atoms with E-state index in [0.29, 0.717) is 6.42 Å². The summed E-state index contributed by atoms with van der Waals surface area (Å²) < 4.78 is 14.0. The Kier molecular flexibility index (Phi) is 6.16. The summed E-state index contributed by atoms with van der Waals surface area (Å²) in [7, 11) is 0. The number of fused-ring (bicyclic) bond motifs is 1. The second kappa shape index (κ2) is 8.79. The number of aromatic nitrogens is 1. The molecule has 0 radical (unpaired) electrons. The molecule has 5 atom stereocenters. The lowest BCUT2D eigenvalue weighted by molar-refractivity contribution is -0.154. The molecule has 4 rings (SSSR count). The molecule has 8 nitrogen and oxygen atoms in total. The molecule has 1 aliphatic carbocycles. The first-order valence-electron chi connectivity index (χ1n) is 11.3. The number of para-hydroxylation sites is 1. The van der Waals surface area contributed by atoms with Gasteiger partial charge in [0, 0.05) is 24.3 Å². The van der Waals surface area contributed by atoms with Gasteiger partial charge in [0.15, 0.2) is 5.67 Å². The van der Waals surface area contributed by atoms with Crippen molar-refractivity contribution < 1.29 is 23.9 Å². The number of pyridine rings is 1. The molecule has 1 saturated heterocycles. The van der Waals surface area contributed by atoms with Crippen LogP contribution in [0.2, 0.25) is 0 Å². The lowest BCUT2D eigenvalue weighted by atomic mass is 9.67. The summed E-state index contributed by atoms with van der Waals surface area (Å²) >= 11 is 0. The molecule has 1 aromatic carbocycles. The number of aliphatic carboxylic acids is 1. The van der Waals surface area contributed by atoms with Crippen LogP contribution in [0.15, 0.2) is 48.7 Å². The van der Waals surface area contributed by atoms with E-state index in [2.05, 4.69) is 20.9 Å². The quantitative estimate of drug-likeness (QED) is 0.513. The molecule has 2 heterocycles. The van der Waals surface area contributed by atoms with Crippen LogP contribution in [0.5, 0.6) is 0 Å². The van der Waals surface area contributed by atoms with E-state index in [1.807, 2.05) is 30.3 Å². The molecule has 2 fully saturated rings. The molecular weight excluding hydrogens is 439 g/mol. The molecule has 1 amide bonds. The number of alkyl halides is 1. The molecule has 4 N–H and O–H groups in total. The monoisotopic (exact) mass is 468 g/mol. The lowest BCUT2D eigenvalue weighted by Gasteiger charge is -2.37. The highest BCUT2D eigenvalue weighted by molar-refractivity contribution is 5.96. The number of nitrogens with zero attached hydrogens (tertiary/aromatic N) is 1. The van der Waals surface area contributed by atoms with Gasteiger partial charge in [-0.15, -0.1) is 0 Å². The fourth-order valence-corrected chi connectivity index (χ4v) is 4.91. The average molecular weight is 469 g/mol. The summed E-state index contributed by atoms with van der Waals surface area (Å²) in [5.41, 5.74) is -1.62. The van der Waals surface area contributed by atoms with Crippen LogP contribution in [0.25, 0.3) is 0 Å². The average Bonchev–Trinajstić information content (AvgIpc) is 3.12. The highest BCUT2D eigenvalue weighted by Crippen LogP contribution is 2.45. The van der Waals surface area contributed by atoms with Gasteiger partial charge < -0.3 is 21.1 Å². The van der Waals surface area contributed by atoms with E-state index in [0.717, 1.165) is 11.3 Å². The van der Waals surface area contributed by atoms with Gasteiger partial charge in [-0.25, -0.2) is 9.37 Å². The molecule has 2 aliphatic rings. The standard InChI is InChI=1S/C25H29FN4O4/c1-24(2,26)22(32)30-18-11-14(9-10-27-18)20-21(28-15-7-5-4-6-8-15)19-16(29-20)12-25(3,23(33)34)13-17(19)31/h4-11,16,19-21,28-29H,12-13H2,1-3H3,(H,33,34)(H,27,30,32). The van der Waals surface area contributed by atoms with Crippen molar-refractivity contribution in [3.8, 4) is 0 Å². The van der Waals surface area contributed by atoms with E-state index < -0.39 is 28.9 Å². The van der Waals surface area contributed by atoms with Crippen molar-refractivity contribution in [3.05, 3.63) is 54.2 Å². The third kappa shape index (κ3) is 4.65. The zero-order valence-electron chi connectivity index (χ0n) is 19.3. The van der Waals surface area contributed by atoms with Gasteiger partial charge in [0.2, 0.25) is 0 Å². The molecular formula is C25H29FN4O4. The van der Waals surface area contributed by atoms with Crippen LogP contribution in [0.3, 0.4) is 0 Å². The van der Waals surface area contributed by atoms with Gasteiger partial charge in [0.25, 0.3) is 5.91 Å². The minimum absolute atomic E-state index is 0.0336. The molecule has 1 saturated carbocycles. The summed E-state index contributed by atoms with van der Waals surface area (Å²) in [6.45, 7) is 3.94. The van der Waals surface area contributed by atoms with Crippen molar-refractivity contribution in [2.24, 2.45) is 11.3 Å². The number of carbonyl (C=O) groups is 3. The van der Waals surface area contributed by atoms with Crippen molar-refractivity contribution in [2.75, 3.05) is 10.6 Å². The van der Waals surface area contributed by atoms with E-state index in [-0.39, 0.29) is 36.1 Å². The number of anilines is 2. The molecule has 34 heavy (non-hydrogen) atoms. The van der Waals surface area contributed by atoms with Gasteiger partial charge in [-0.3, -0.25) is 14.4 Å². The van der Waals surface area contributed by atoms with E-state index in [1.165, 1.54) is 20.0 Å². The summed E-state index contributed by atoms with van der Waals surface area (Å²) in [5, 5.41) is 19.2. The largest absolute Gasteiger partial charge is 0.481 e. The maximum absolute atomic E-state index is 14.0. The molecule has 0 spiro atoms. The van der Waals surface area contributed by atoms with E-state index >= 15 is 0 Å². The fourth-order valence-electron chi connectivity index (χ4n) is 4.91. The smallest absolute Gasteiger partial charge is 0.309 e. The molecule has 180 valence electrons. The van der Waals surface area contributed by atoms with Crippen LogP contribution in [-0.4, -0.2) is 45.5 Å². The van der Waals surface area contributed by atoms with Gasteiger partial charge >= 0.3 is 5.97 Å². The SMILES string of the molecule is CC(C)(F)C(=O)Nc1cc(C2NC3CC(C)(C(=O)O)CC(=O)C3C2Nc2ccccc2)ccn1. The fraction of sp³-hybridized carbons (Fsp3) is 0.440. The number of amides is 1. The molecule has 5 unspecified atom stereocenters. The number of carboxylic acids is 1. The normalized spacial score (nSPS) is 28.8. The van der Waals surface area contributed by atoms with Crippen molar-refractivity contribution in [1.82, 2.24) is 10.3 Å². The highest BCUT2D eigenvalue weighted by Gasteiger charge is 2.55. The minimum atomic E-state index is -2.07. The minimum Gasteiger partial charge on any atom is -0.481 e. The Morgan fingerprint density at radius 2 is 1.94 bits per heavy atom. The molecule has 1 aliphatic heterocycles. The Bertz CT molecular complexity index is 1100. The summed E-state index contributed by atoms with van der Waals surface area (Å²) in [4.78, 5) is 41.4. The van der Waals surface area contributed by atoms with Gasteiger partial charge in [0.05, 0.1) is 23.4 Å². The number of ketones is 1. The van der Waals surface area contributed by atoms with Crippen LogP contribution < -0.4 is 16.0 Å². The summed E-state index contributed by atoms with van der Waals surface area (Å²) in [6.07, 6.45) is 1.80. The van der Waals surface area contributed by atoms with Crippen molar-refractivity contribution in [2.45, 2.75) is 57.4 Å². The summed E-state index contributed by atoms with van der Waals surface area (Å²) in [5.74, 6) is -2.14. The maximum atomic E-state index is 14.0. The number of carbonyl (C=O) groups excluding carboxylic acids is 2. The number of hydrogen-bond acceptors (Lipinski definition) is 6. The van der Waals surface area contributed by atoms with E-state index in [9.17, 15) is 23.9 Å². The van der Waals surface area contributed by atoms with Crippen LogP contribution in [0.4, 0.5) is 15.9 Å². The number of halogens is 1. The first kappa shape index (κ1) is 23.8. The third-order valence-electron chi connectivity index (χ3n) is 6.73. The number of rotatable bonds is 6. The van der Waals surface area contributed by atoms with Gasteiger partial charge in [-0.2, -0.15) is 0 Å². The predicted octanol–water partition coefficient (Wildman–Crippen LogP) is 3.33. The topological polar surface area (TPSA) is 120 Å². The number of nitrogens with one attached hydrogen (secondary N) is 3. The Morgan fingerprint density at radius 3 is 2.59 bits per heavy atom. The van der Waals surface area contributed by atoms with Gasteiger partial charge in [-0.05, 0) is 57.0 Å². The Hall–Kier alpha value is -3.33. The predicted molar refractivity (Wildman–Crippen MR) is 125 cm³/mol. The van der Waals surface area contributed by atoms with Crippen LogP contribution in [0.1, 0.15) is 45.2 Å². The van der Waals surface area contributed by atoms with Gasteiger partial charge in [-0.1, -0.05) is 18.2 Å². The number of Topliss-reactive ketones (excluding diaryl/α,β-unsaturated/α-hetero) is 1. The van der Waals surface area contributed by atoms with E-state index in [4.69, 9.17) is 0 Å². The molecule has 2 aromatic rings. The number of benzene rings is 1. The summed E-state index contributed by atoms with van der Waals surface area (Å²) in [6, 6.07) is 11.8. The lowest BCUT2D eigenvalue weighted by Crippen LogP contribution is -2.49. The Morgan fingerprint density at radius 1 is 1.24 bits per heavy atom. The van der Waals surface area contributed by atoms with E-state index in [1.54, 1.807) is 19.1 Å². The molecule has 9 heteroatoms. The first-order valence-corrected chi connectivity index (χ1v) is 11.3. The Balaban J connectivity index is 1.67. The van der Waals surface area contributed by atoms with Crippen LogP contribution in [0, 0.1) is 11.3 Å². The molecule has 1 aromatic heterocycles. The second-order valence-electron chi connectivity index (χ2n) is 9.93. The van der Waals surface area contributed by atoms with Crippen molar-refractivity contribution in [3.63, 3.8) is 0 Å². The third-order valence-corrected chi connectivity index (χ3v) is 6.73.